The van der Waals surface area contributed by atoms with Crippen LogP contribution in [0.4, 0.5) is 10.1 Å². The number of halogens is 2. The number of aryl methyl sites for hydroxylation is 1. The Labute approximate surface area is 150 Å². The molecule has 0 radical (unpaired) electrons. The number of amides is 2. The summed E-state index contributed by atoms with van der Waals surface area (Å²) in [5.74, 6) is -1.18. The van der Waals surface area contributed by atoms with Gasteiger partial charge in [-0.05, 0) is 48.4 Å². The minimum absolute atomic E-state index is 0.145. The molecule has 0 spiro atoms. The molecule has 2 aromatic rings. The molecule has 0 atom stereocenters. The summed E-state index contributed by atoms with van der Waals surface area (Å²) in [6, 6.07) is 11.0. The second-order valence-electron chi connectivity index (χ2n) is 5.59. The summed E-state index contributed by atoms with van der Waals surface area (Å²) in [6.45, 7) is 1.75. The summed E-state index contributed by atoms with van der Waals surface area (Å²) in [5.41, 5.74) is 2.09. The Hall–Kier alpha value is -2.66. The first-order valence-electron chi connectivity index (χ1n) is 7.60. The third-order valence-corrected chi connectivity index (χ3v) is 3.89. The molecule has 0 saturated carbocycles. The second kappa shape index (κ2) is 8.44. The van der Waals surface area contributed by atoms with Crippen LogP contribution in [0.3, 0.4) is 0 Å². The molecule has 130 valence electrons. The van der Waals surface area contributed by atoms with E-state index in [0.29, 0.717) is 10.7 Å². The van der Waals surface area contributed by atoms with Crippen molar-refractivity contribution in [3.63, 3.8) is 0 Å². The number of hydrogen-bond donors (Lipinski definition) is 1. The van der Waals surface area contributed by atoms with Gasteiger partial charge in [-0.2, -0.15) is 0 Å². The predicted octanol–water partition coefficient (Wildman–Crippen LogP) is 3.90. The number of carbonyl (C=O) groups is 2. The lowest BCUT2D eigenvalue weighted by atomic mass is 10.1. The molecule has 0 aliphatic rings. The number of anilines is 1. The Morgan fingerprint density at radius 1 is 1.24 bits per heavy atom. The molecule has 1 N–H and O–H groups in total. The number of nitrogens with one attached hydrogen (secondary N) is 1. The van der Waals surface area contributed by atoms with Crippen LogP contribution in [0.1, 0.15) is 11.1 Å². The van der Waals surface area contributed by atoms with E-state index in [1.807, 2.05) is 19.1 Å². The molecular formula is C19H18ClFN2O2. The van der Waals surface area contributed by atoms with Crippen LogP contribution in [-0.4, -0.2) is 30.3 Å². The molecule has 0 aliphatic carbocycles. The Morgan fingerprint density at radius 2 is 2.00 bits per heavy atom. The van der Waals surface area contributed by atoms with Crippen molar-refractivity contribution in [3.05, 3.63) is 70.5 Å². The molecule has 0 aliphatic heterocycles. The van der Waals surface area contributed by atoms with Crippen LogP contribution >= 0.6 is 11.6 Å². The molecule has 2 aromatic carbocycles. The van der Waals surface area contributed by atoms with Crippen LogP contribution in [-0.2, 0) is 9.59 Å². The molecular weight excluding hydrogens is 343 g/mol. The number of hydrogen-bond acceptors (Lipinski definition) is 2. The van der Waals surface area contributed by atoms with E-state index in [0.717, 1.165) is 11.1 Å². The average molecular weight is 361 g/mol. The van der Waals surface area contributed by atoms with E-state index in [9.17, 15) is 14.0 Å². The van der Waals surface area contributed by atoms with Gasteiger partial charge in [0.25, 0.3) is 0 Å². The van der Waals surface area contributed by atoms with E-state index in [1.54, 1.807) is 18.2 Å². The van der Waals surface area contributed by atoms with Gasteiger partial charge in [-0.1, -0.05) is 29.8 Å². The first kappa shape index (κ1) is 18.7. The lowest BCUT2D eigenvalue weighted by molar-refractivity contribution is -0.129. The zero-order valence-electron chi connectivity index (χ0n) is 13.9. The number of rotatable bonds is 5. The van der Waals surface area contributed by atoms with Crippen LogP contribution in [0.2, 0.25) is 5.02 Å². The van der Waals surface area contributed by atoms with E-state index in [4.69, 9.17) is 11.6 Å². The minimum atomic E-state index is -0.443. The monoisotopic (exact) mass is 360 g/mol. The molecule has 0 fully saturated rings. The van der Waals surface area contributed by atoms with E-state index < -0.39 is 11.7 Å². The van der Waals surface area contributed by atoms with Crippen LogP contribution in [0.25, 0.3) is 6.08 Å². The Bertz CT molecular complexity index is 821. The Morgan fingerprint density at radius 3 is 2.68 bits per heavy atom. The van der Waals surface area contributed by atoms with Gasteiger partial charge in [-0.15, -0.1) is 0 Å². The summed E-state index contributed by atoms with van der Waals surface area (Å²) >= 11 is 6.04. The van der Waals surface area contributed by atoms with Crippen LogP contribution < -0.4 is 5.32 Å². The lowest BCUT2D eigenvalue weighted by Crippen LogP contribution is -2.33. The molecule has 2 rings (SSSR count). The molecule has 0 saturated heterocycles. The summed E-state index contributed by atoms with van der Waals surface area (Å²) in [5, 5.41) is 3.16. The van der Waals surface area contributed by atoms with Crippen molar-refractivity contribution in [2.24, 2.45) is 0 Å². The highest BCUT2D eigenvalue weighted by Gasteiger charge is 2.11. The van der Waals surface area contributed by atoms with Crippen molar-refractivity contribution >= 4 is 35.2 Å². The zero-order valence-corrected chi connectivity index (χ0v) is 14.7. The molecule has 0 heterocycles. The molecule has 4 nitrogen and oxygen atoms in total. The molecule has 0 bridgehead atoms. The van der Waals surface area contributed by atoms with Crippen molar-refractivity contribution in [1.29, 1.82) is 0 Å². The maximum Gasteiger partial charge on any atom is 0.246 e. The van der Waals surface area contributed by atoms with Crippen LogP contribution in [0.5, 0.6) is 0 Å². The van der Waals surface area contributed by atoms with Crippen LogP contribution in [0, 0.1) is 12.7 Å². The quantitative estimate of drug-likeness (QED) is 0.822. The van der Waals surface area contributed by atoms with Crippen molar-refractivity contribution < 1.29 is 14.0 Å². The summed E-state index contributed by atoms with van der Waals surface area (Å²) in [4.78, 5) is 25.3. The maximum absolute atomic E-state index is 13.1. The fourth-order valence-corrected chi connectivity index (χ4v) is 2.26. The Kier molecular flexibility index (Phi) is 6.31. The molecule has 25 heavy (non-hydrogen) atoms. The molecule has 6 heteroatoms. The topological polar surface area (TPSA) is 49.4 Å². The normalized spacial score (nSPS) is 10.7. The zero-order chi connectivity index (χ0) is 18.4. The number of benzene rings is 2. The first-order valence-corrected chi connectivity index (χ1v) is 7.97. The molecule has 0 unspecified atom stereocenters. The van der Waals surface area contributed by atoms with E-state index in [1.165, 1.54) is 36.2 Å². The highest BCUT2D eigenvalue weighted by Crippen LogP contribution is 2.17. The summed E-state index contributed by atoms with van der Waals surface area (Å²) < 4.78 is 13.1. The van der Waals surface area contributed by atoms with Gasteiger partial charge in [0.2, 0.25) is 11.8 Å². The first-order chi connectivity index (χ1) is 11.8. The SMILES string of the molecule is Cc1ccc(/C=C/C(=O)N(C)CC(=O)Nc2cccc(F)c2)cc1Cl. The second-order valence-corrected chi connectivity index (χ2v) is 6.00. The maximum atomic E-state index is 13.1. The highest BCUT2D eigenvalue weighted by atomic mass is 35.5. The van der Waals surface area contributed by atoms with Gasteiger partial charge in [0, 0.05) is 23.8 Å². The third kappa shape index (κ3) is 5.72. The Balaban J connectivity index is 1.91. The van der Waals surface area contributed by atoms with Crippen LogP contribution in [0.15, 0.2) is 48.5 Å². The van der Waals surface area contributed by atoms with Gasteiger partial charge in [0.15, 0.2) is 0 Å². The van der Waals surface area contributed by atoms with Gasteiger partial charge in [0.05, 0.1) is 6.54 Å². The smallest absolute Gasteiger partial charge is 0.246 e. The summed E-state index contributed by atoms with van der Waals surface area (Å²) in [6.07, 6.45) is 3.01. The van der Waals surface area contributed by atoms with Gasteiger partial charge in [0.1, 0.15) is 5.82 Å². The number of nitrogens with zero attached hydrogens (tertiary/aromatic N) is 1. The molecule has 0 aromatic heterocycles. The predicted molar refractivity (Wildman–Crippen MR) is 97.9 cm³/mol. The van der Waals surface area contributed by atoms with E-state index in [-0.39, 0.29) is 12.5 Å². The largest absolute Gasteiger partial charge is 0.333 e. The standard InChI is InChI=1S/C19H18ClFN2O2/c1-13-6-7-14(10-17(13)20)8-9-19(25)23(2)12-18(24)22-16-5-3-4-15(21)11-16/h3-11H,12H2,1-2H3,(H,22,24)/b9-8+. The van der Waals surface area contributed by atoms with Gasteiger partial charge < -0.3 is 10.2 Å². The van der Waals surface area contributed by atoms with Crippen molar-refractivity contribution in [1.82, 2.24) is 4.90 Å². The fourth-order valence-electron chi connectivity index (χ4n) is 2.07. The van der Waals surface area contributed by atoms with Crippen molar-refractivity contribution in [2.45, 2.75) is 6.92 Å². The van der Waals surface area contributed by atoms with Gasteiger partial charge in [-0.3, -0.25) is 9.59 Å². The minimum Gasteiger partial charge on any atom is -0.333 e. The van der Waals surface area contributed by atoms with E-state index in [2.05, 4.69) is 5.32 Å². The molecule has 2 amide bonds. The van der Waals surface area contributed by atoms with Gasteiger partial charge >= 0.3 is 0 Å². The lowest BCUT2D eigenvalue weighted by Gasteiger charge is -2.14. The fraction of sp³-hybridized carbons (Fsp3) is 0.158. The number of carbonyl (C=O) groups excluding carboxylic acids is 2. The van der Waals surface area contributed by atoms with E-state index >= 15 is 0 Å². The van der Waals surface area contributed by atoms with Crippen molar-refractivity contribution in [3.8, 4) is 0 Å². The average Bonchev–Trinajstić information content (AvgIpc) is 2.55. The van der Waals surface area contributed by atoms with Gasteiger partial charge in [-0.25, -0.2) is 4.39 Å². The highest BCUT2D eigenvalue weighted by molar-refractivity contribution is 6.31. The number of likely N-dealkylation sites (N-methyl/N-ethyl adjacent to an activating group) is 1. The summed E-state index contributed by atoms with van der Waals surface area (Å²) in [7, 11) is 1.51. The van der Waals surface area contributed by atoms with Crippen molar-refractivity contribution in [2.75, 3.05) is 18.9 Å². The third-order valence-electron chi connectivity index (χ3n) is 3.48.